The number of rotatable bonds is 8. The van der Waals surface area contributed by atoms with Gasteiger partial charge in [-0.3, -0.25) is 4.90 Å². The number of oxime groups is 1. The highest BCUT2D eigenvalue weighted by Gasteiger charge is 2.10. The molecule has 4 heteroatoms. The van der Waals surface area contributed by atoms with E-state index in [-0.39, 0.29) is 5.84 Å². The SMILES string of the molecule is CC(C)N(CCCCc1ccccc1)C/C(N)=N/O. The lowest BCUT2D eigenvalue weighted by Crippen LogP contribution is -2.39. The van der Waals surface area contributed by atoms with Gasteiger partial charge in [-0.1, -0.05) is 35.5 Å². The van der Waals surface area contributed by atoms with Gasteiger partial charge in [0.05, 0.1) is 6.54 Å². The van der Waals surface area contributed by atoms with E-state index in [1.165, 1.54) is 5.56 Å². The van der Waals surface area contributed by atoms with Crippen molar-refractivity contribution in [3.63, 3.8) is 0 Å². The number of hydrogen-bond acceptors (Lipinski definition) is 3. The van der Waals surface area contributed by atoms with Crippen molar-refractivity contribution in [3.05, 3.63) is 35.9 Å². The summed E-state index contributed by atoms with van der Waals surface area (Å²) in [5.74, 6) is 0.275. The number of hydrogen-bond donors (Lipinski definition) is 2. The third-order valence-electron chi connectivity index (χ3n) is 3.23. The Labute approximate surface area is 115 Å². The van der Waals surface area contributed by atoms with E-state index in [0.717, 1.165) is 25.8 Å². The predicted molar refractivity (Wildman–Crippen MR) is 79.5 cm³/mol. The van der Waals surface area contributed by atoms with Gasteiger partial charge < -0.3 is 10.9 Å². The van der Waals surface area contributed by atoms with Crippen molar-refractivity contribution >= 4 is 5.84 Å². The molecule has 0 atom stereocenters. The van der Waals surface area contributed by atoms with E-state index in [2.05, 4.69) is 48.2 Å². The maximum Gasteiger partial charge on any atom is 0.153 e. The van der Waals surface area contributed by atoms with Gasteiger partial charge in [-0.05, 0) is 45.2 Å². The van der Waals surface area contributed by atoms with Crippen molar-refractivity contribution in [2.45, 2.75) is 39.2 Å². The van der Waals surface area contributed by atoms with Gasteiger partial charge in [0.2, 0.25) is 0 Å². The molecule has 0 unspecified atom stereocenters. The second-order valence-corrected chi connectivity index (χ2v) is 5.10. The van der Waals surface area contributed by atoms with E-state index in [9.17, 15) is 0 Å². The fourth-order valence-corrected chi connectivity index (χ4v) is 2.05. The topological polar surface area (TPSA) is 61.8 Å². The van der Waals surface area contributed by atoms with Crippen LogP contribution in [0.15, 0.2) is 35.5 Å². The molecule has 3 N–H and O–H groups in total. The molecule has 1 aromatic rings. The summed E-state index contributed by atoms with van der Waals surface area (Å²) >= 11 is 0. The third-order valence-corrected chi connectivity index (χ3v) is 3.23. The summed E-state index contributed by atoms with van der Waals surface area (Å²) in [6.45, 7) is 5.75. The minimum atomic E-state index is 0.275. The van der Waals surface area contributed by atoms with Crippen LogP contribution in [0.5, 0.6) is 0 Å². The van der Waals surface area contributed by atoms with Crippen LogP contribution in [0, 0.1) is 0 Å². The molecule has 0 spiro atoms. The minimum absolute atomic E-state index is 0.275. The second-order valence-electron chi connectivity index (χ2n) is 5.10. The van der Waals surface area contributed by atoms with Crippen LogP contribution in [-0.4, -0.2) is 35.1 Å². The molecule has 0 aromatic heterocycles. The predicted octanol–water partition coefficient (Wildman–Crippen LogP) is 2.47. The molecular weight excluding hydrogens is 238 g/mol. The molecule has 0 bridgehead atoms. The van der Waals surface area contributed by atoms with Crippen LogP contribution in [0.2, 0.25) is 0 Å². The van der Waals surface area contributed by atoms with Crippen molar-refractivity contribution in [1.82, 2.24) is 4.90 Å². The van der Waals surface area contributed by atoms with Gasteiger partial charge in [-0.25, -0.2) is 0 Å². The Kier molecular flexibility index (Phi) is 6.97. The summed E-state index contributed by atoms with van der Waals surface area (Å²) in [4.78, 5) is 2.22. The summed E-state index contributed by atoms with van der Waals surface area (Å²) in [6, 6.07) is 10.9. The number of aryl methyl sites for hydroxylation is 1. The first-order valence-corrected chi connectivity index (χ1v) is 6.88. The summed E-state index contributed by atoms with van der Waals surface area (Å²) in [5, 5.41) is 11.7. The molecule has 1 aromatic carbocycles. The summed E-state index contributed by atoms with van der Waals surface area (Å²) in [5.41, 5.74) is 6.95. The quantitative estimate of drug-likeness (QED) is 0.249. The number of nitrogens with two attached hydrogens (primary N) is 1. The fourth-order valence-electron chi connectivity index (χ4n) is 2.05. The zero-order chi connectivity index (χ0) is 14.1. The van der Waals surface area contributed by atoms with Gasteiger partial charge >= 0.3 is 0 Å². The van der Waals surface area contributed by atoms with E-state index in [4.69, 9.17) is 10.9 Å². The van der Waals surface area contributed by atoms with Crippen LogP contribution < -0.4 is 5.73 Å². The van der Waals surface area contributed by atoms with E-state index >= 15 is 0 Å². The average molecular weight is 263 g/mol. The first-order chi connectivity index (χ1) is 9.13. The molecule has 1 rings (SSSR count). The van der Waals surface area contributed by atoms with Crippen molar-refractivity contribution < 1.29 is 5.21 Å². The van der Waals surface area contributed by atoms with Crippen LogP contribution >= 0.6 is 0 Å². The van der Waals surface area contributed by atoms with E-state index < -0.39 is 0 Å². The number of amidine groups is 1. The lowest BCUT2D eigenvalue weighted by atomic mass is 10.1. The molecule has 0 aliphatic carbocycles. The smallest absolute Gasteiger partial charge is 0.153 e. The third kappa shape index (κ3) is 6.25. The van der Waals surface area contributed by atoms with Crippen LogP contribution in [0.4, 0.5) is 0 Å². The van der Waals surface area contributed by atoms with E-state index in [1.54, 1.807) is 0 Å². The second kappa shape index (κ2) is 8.53. The molecule has 0 aliphatic heterocycles. The number of unbranched alkanes of at least 4 members (excludes halogenated alkanes) is 1. The number of benzene rings is 1. The molecule has 0 fully saturated rings. The summed E-state index contributed by atoms with van der Waals surface area (Å²) < 4.78 is 0. The van der Waals surface area contributed by atoms with Gasteiger partial charge in [-0.2, -0.15) is 0 Å². The number of nitrogens with zero attached hydrogens (tertiary/aromatic N) is 2. The zero-order valence-electron chi connectivity index (χ0n) is 11.9. The fraction of sp³-hybridized carbons (Fsp3) is 0.533. The van der Waals surface area contributed by atoms with E-state index in [0.29, 0.717) is 12.6 Å². The molecule has 19 heavy (non-hydrogen) atoms. The van der Waals surface area contributed by atoms with Crippen molar-refractivity contribution in [1.29, 1.82) is 0 Å². The van der Waals surface area contributed by atoms with Crippen LogP contribution in [0.3, 0.4) is 0 Å². The lowest BCUT2D eigenvalue weighted by molar-refractivity contribution is 0.242. The monoisotopic (exact) mass is 263 g/mol. The molecule has 0 saturated heterocycles. The average Bonchev–Trinajstić information content (AvgIpc) is 2.42. The summed E-state index contributed by atoms with van der Waals surface area (Å²) in [7, 11) is 0. The highest BCUT2D eigenvalue weighted by Crippen LogP contribution is 2.07. The molecule has 0 aliphatic rings. The normalized spacial score (nSPS) is 12.3. The summed E-state index contributed by atoms with van der Waals surface area (Å²) in [6.07, 6.45) is 3.38. The van der Waals surface area contributed by atoms with E-state index in [1.807, 2.05) is 6.07 Å². The highest BCUT2D eigenvalue weighted by molar-refractivity contribution is 5.81. The maximum atomic E-state index is 8.62. The molecule has 0 radical (unpaired) electrons. The molecular formula is C15H25N3O. The Balaban J connectivity index is 2.29. The first-order valence-electron chi connectivity index (χ1n) is 6.88. The van der Waals surface area contributed by atoms with Crippen LogP contribution in [-0.2, 0) is 6.42 Å². The van der Waals surface area contributed by atoms with Gasteiger partial charge in [0.25, 0.3) is 0 Å². The van der Waals surface area contributed by atoms with Gasteiger partial charge in [-0.15, -0.1) is 0 Å². The van der Waals surface area contributed by atoms with Crippen molar-refractivity contribution in [2.75, 3.05) is 13.1 Å². The Morgan fingerprint density at radius 1 is 1.26 bits per heavy atom. The van der Waals surface area contributed by atoms with Gasteiger partial charge in [0.15, 0.2) is 5.84 Å². The Morgan fingerprint density at radius 3 is 2.53 bits per heavy atom. The maximum absolute atomic E-state index is 8.62. The molecule has 0 heterocycles. The van der Waals surface area contributed by atoms with Crippen LogP contribution in [0.25, 0.3) is 0 Å². The standard InChI is InChI=1S/C15H25N3O/c1-13(2)18(12-15(16)17-19)11-7-6-10-14-8-4-3-5-9-14/h3-5,8-9,13,19H,6-7,10-12H2,1-2H3,(H2,16,17). The van der Waals surface area contributed by atoms with Gasteiger partial charge in [0, 0.05) is 6.04 Å². The Hall–Kier alpha value is -1.55. The Bertz CT molecular complexity index is 376. The zero-order valence-corrected chi connectivity index (χ0v) is 11.9. The molecule has 4 nitrogen and oxygen atoms in total. The van der Waals surface area contributed by atoms with Crippen LogP contribution in [0.1, 0.15) is 32.3 Å². The lowest BCUT2D eigenvalue weighted by Gasteiger charge is -2.25. The molecule has 0 saturated carbocycles. The highest BCUT2D eigenvalue weighted by atomic mass is 16.4. The molecule has 0 amide bonds. The largest absolute Gasteiger partial charge is 0.409 e. The molecule has 106 valence electrons. The van der Waals surface area contributed by atoms with Crippen molar-refractivity contribution in [2.24, 2.45) is 10.9 Å². The van der Waals surface area contributed by atoms with Crippen molar-refractivity contribution in [3.8, 4) is 0 Å². The van der Waals surface area contributed by atoms with Gasteiger partial charge in [0.1, 0.15) is 0 Å². The minimum Gasteiger partial charge on any atom is -0.409 e. The first kappa shape index (κ1) is 15.5. The Morgan fingerprint density at radius 2 is 1.95 bits per heavy atom.